The van der Waals surface area contributed by atoms with Gasteiger partial charge in [0.15, 0.2) is 5.79 Å². The third-order valence-corrected chi connectivity index (χ3v) is 4.96. The molecule has 1 aliphatic heterocycles. The Bertz CT molecular complexity index is 490. The second-order valence-electron chi connectivity index (χ2n) is 5.34. The van der Waals surface area contributed by atoms with Crippen molar-refractivity contribution in [2.24, 2.45) is 0 Å². The molecule has 0 radical (unpaired) electrons. The van der Waals surface area contributed by atoms with Crippen LogP contribution in [0, 0.1) is 3.57 Å². The van der Waals surface area contributed by atoms with Crippen molar-refractivity contribution in [3.8, 4) is 0 Å². The summed E-state index contributed by atoms with van der Waals surface area (Å²) in [6.45, 7) is 1.39. The van der Waals surface area contributed by atoms with Crippen molar-refractivity contribution in [3.63, 3.8) is 0 Å². The molecule has 108 valence electrons. The van der Waals surface area contributed by atoms with Crippen LogP contribution in [0.2, 0.25) is 0 Å². The number of hydrogen-bond donors (Lipinski definition) is 1. The monoisotopic (exact) mass is 387 g/mol. The van der Waals surface area contributed by atoms with Crippen LogP contribution in [0.1, 0.15) is 36.0 Å². The molecule has 1 aromatic rings. The molecule has 2 aliphatic rings. The Kier molecular flexibility index (Phi) is 4.28. The molecule has 0 unspecified atom stereocenters. The number of hydrogen-bond acceptors (Lipinski definition) is 3. The molecular weight excluding hydrogens is 369 g/mol. The number of nitrogens with one attached hydrogen (secondary N) is 1. The zero-order chi connectivity index (χ0) is 14.0. The number of benzene rings is 1. The van der Waals surface area contributed by atoms with E-state index in [-0.39, 0.29) is 17.7 Å². The van der Waals surface area contributed by atoms with Crippen LogP contribution in [-0.2, 0) is 9.47 Å². The summed E-state index contributed by atoms with van der Waals surface area (Å²) in [6.07, 6.45) is 3.55. The van der Waals surface area contributed by atoms with Crippen molar-refractivity contribution in [2.45, 2.75) is 37.5 Å². The third-order valence-electron chi connectivity index (χ3n) is 4.01. The number of rotatable bonds is 2. The van der Waals surface area contributed by atoms with Gasteiger partial charge in [-0.05, 0) is 47.6 Å². The van der Waals surface area contributed by atoms with Gasteiger partial charge in [0.1, 0.15) is 0 Å². The van der Waals surface area contributed by atoms with Crippen molar-refractivity contribution in [2.75, 3.05) is 13.2 Å². The minimum absolute atomic E-state index is 0.0178. The minimum Gasteiger partial charge on any atom is -0.349 e. The van der Waals surface area contributed by atoms with Gasteiger partial charge in [0.25, 0.3) is 5.91 Å². The molecule has 0 aromatic heterocycles. The molecule has 1 N–H and O–H groups in total. The zero-order valence-electron chi connectivity index (χ0n) is 11.2. The van der Waals surface area contributed by atoms with E-state index in [4.69, 9.17) is 9.47 Å². The SMILES string of the molecule is O=C(NC1CCC2(CC1)OCCO2)c1ccccc1I. The fourth-order valence-corrected chi connectivity index (χ4v) is 3.53. The molecule has 1 saturated carbocycles. The molecule has 0 bridgehead atoms. The molecule has 5 heteroatoms. The summed E-state index contributed by atoms with van der Waals surface area (Å²) in [4.78, 5) is 12.3. The van der Waals surface area contributed by atoms with Crippen LogP contribution in [0.5, 0.6) is 0 Å². The molecule has 3 rings (SSSR count). The van der Waals surface area contributed by atoms with Crippen LogP contribution in [0.3, 0.4) is 0 Å². The highest BCUT2D eigenvalue weighted by Gasteiger charge is 2.40. The Balaban J connectivity index is 1.57. The van der Waals surface area contributed by atoms with Crippen LogP contribution < -0.4 is 5.32 Å². The standard InChI is InChI=1S/C15H18INO3/c16-13-4-2-1-3-12(13)14(18)17-11-5-7-15(8-6-11)19-9-10-20-15/h1-4,11H,5-10H2,(H,17,18). The summed E-state index contributed by atoms with van der Waals surface area (Å²) in [5.41, 5.74) is 0.752. The van der Waals surface area contributed by atoms with Crippen molar-refractivity contribution < 1.29 is 14.3 Å². The Morgan fingerprint density at radius 2 is 1.85 bits per heavy atom. The lowest BCUT2D eigenvalue weighted by atomic mass is 9.90. The van der Waals surface area contributed by atoms with Gasteiger partial charge in [-0.2, -0.15) is 0 Å². The average molecular weight is 387 g/mol. The van der Waals surface area contributed by atoms with E-state index in [0.29, 0.717) is 13.2 Å². The summed E-state index contributed by atoms with van der Waals surface area (Å²) in [5.74, 6) is -0.341. The second kappa shape index (κ2) is 5.99. The highest BCUT2D eigenvalue weighted by Crippen LogP contribution is 2.35. The van der Waals surface area contributed by atoms with Crippen LogP contribution in [0.15, 0.2) is 24.3 Å². The fourth-order valence-electron chi connectivity index (χ4n) is 2.90. The molecule has 1 aromatic carbocycles. The largest absolute Gasteiger partial charge is 0.349 e. The number of ether oxygens (including phenoxy) is 2. The van der Waals surface area contributed by atoms with E-state index in [1.165, 1.54) is 0 Å². The van der Waals surface area contributed by atoms with E-state index >= 15 is 0 Å². The van der Waals surface area contributed by atoms with Gasteiger partial charge in [0.2, 0.25) is 0 Å². The number of carbonyl (C=O) groups excluding carboxylic acids is 1. The van der Waals surface area contributed by atoms with Crippen molar-refractivity contribution >= 4 is 28.5 Å². The van der Waals surface area contributed by atoms with Gasteiger partial charge in [0, 0.05) is 22.5 Å². The first kappa shape index (κ1) is 14.3. The van der Waals surface area contributed by atoms with E-state index in [9.17, 15) is 4.79 Å². The highest BCUT2D eigenvalue weighted by atomic mass is 127. The Hall–Kier alpha value is -0.660. The molecular formula is C15H18INO3. The van der Waals surface area contributed by atoms with E-state index in [1.54, 1.807) is 0 Å². The van der Waals surface area contributed by atoms with Gasteiger partial charge in [0.05, 0.1) is 18.8 Å². The van der Waals surface area contributed by atoms with Gasteiger partial charge in [-0.1, -0.05) is 12.1 Å². The predicted octanol–water partition coefficient (Wildman–Crippen LogP) is 2.71. The molecule has 0 atom stereocenters. The average Bonchev–Trinajstić information content (AvgIpc) is 2.90. The summed E-state index contributed by atoms with van der Waals surface area (Å²) in [7, 11) is 0. The zero-order valence-corrected chi connectivity index (χ0v) is 13.4. The van der Waals surface area contributed by atoms with E-state index in [1.807, 2.05) is 24.3 Å². The van der Waals surface area contributed by atoms with Crippen LogP contribution in [-0.4, -0.2) is 30.9 Å². The predicted molar refractivity (Wildman–Crippen MR) is 83.5 cm³/mol. The lowest BCUT2D eigenvalue weighted by Gasteiger charge is -2.35. The third kappa shape index (κ3) is 2.99. The summed E-state index contributed by atoms with van der Waals surface area (Å²) >= 11 is 2.19. The van der Waals surface area contributed by atoms with Crippen molar-refractivity contribution in [1.82, 2.24) is 5.32 Å². The van der Waals surface area contributed by atoms with Crippen molar-refractivity contribution in [3.05, 3.63) is 33.4 Å². The van der Waals surface area contributed by atoms with Gasteiger partial charge < -0.3 is 14.8 Å². The maximum Gasteiger partial charge on any atom is 0.252 e. The first-order chi connectivity index (χ1) is 9.69. The van der Waals surface area contributed by atoms with Crippen LogP contribution >= 0.6 is 22.6 Å². The fraction of sp³-hybridized carbons (Fsp3) is 0.533. The molecule has 1 spiro atoms. The van der Waals surface area contributed by atoms with Crippen LogP contribution in [0.25, 0.3) is 0 Å². The number of halogens is 1. The quantitative estimate of drug-likeness (QED) is 0.794. The highest BCUT2D eigenvalue weighted by molar-refractivity contribution is 14.1. The minimum atomic E-state index is -0.359. The molecule has 1 heterocycles. The Morgan fingerprint density at radius 1 is 1.20 bits per heavy atom. The van der Waals surface area contributed by atoms with Crippen LogP contribution in [0.4, 0.5) is 0 Å². The Labute approximate surface area is 132 Å². The first-order valence-electron chi connectivity index (χ1n) is 7.02. The lowest BCUT2D eigenvalue weighted by molar-refractivity contribution is -0.179. The topological polar surface area (TPSA) is 47.6 Å². The summed E-state index contributed by atoms with van der Waals surface area (Å²) in [5, 5.41) is 3.13. The molecule has 1 aliphatic carbocycles. The Morgan fingerprint density at radius 3 is 2.50 bits per heavy atom. The molecule has 20 heavy (non-hydrogen) atoms. The molecule has 4 nitrogen and oxygen atoms in total. The van der Waals surface area contributed by atoms with E-state index in [2.05, 4.69) is 27.9 Å². The van der Waals surface area contributed by atoms with E-state index in [0.717, 1.165) is 34.8 Å². The normalized spacial score (nSPS) is 22.1. The van der Waals surface area contributed by atoms with Gasteiger partial charge in [-0.3, -0.25) is 4.79 Å². The first-order valence-corrected chi connectivity index (χ1v) is 8.10. The molecule has 1 amide bonds. The molecule has 2 fully saturated rings. The second-order valence-corrected chi connectivity index (χ2v) is 6.50. The molecule has 1 saturated heterocycles. The lowest BCUT2D eigenvalue weighted by Crippen LogP contribution is -2.44. The maximum absolute atomic E-state index is 12.3. The maximum atomic E-state index is 12.3. The van der Waals surface area contributed by atoms with Gasteiger partial charge in [-0.25, -0.2) is 0 Å². The van der Waals surface area contributed by atoms with Crippen molar-refractivity contribution in [1.29, 1.82) is 0 Å². The number of carbonyl (C=O) groups is 1. The van der Waals surface area contributed by atoms with Gasteiger partial charge in [-0.15, -0.1) is 0 Å². The van der Waals surface area contributed by atoms with Gasteiger partial charge >= 0.3 is 0 Å². The summed E-state index contributed by atoms with van der Waals surface area (Å²) in [6, 6.07) is 7.87. The summed E-state index contributed by atoms with van der Waals surface area (Å²) < 4.78 is 12.4. The smallest absolute Gasteiger partial charge is 0.252 e. The number of amides is 1. The van der Waals surface area contributed by atoms with E-state index < -0.39 is 0 Å².